The summed E-state index contributed by atoms with van der Waals surface area (Å²) in [6.45, 7) is 0. The number of benzene rings is 2. The summed E-state index contributed by atoms with van der Waals surface area (Å²) < 4.78 is 41.0. The molecule has 0 aliphatic rings. The van der Waals surface area contributed by atoms with E-state index in [2.05, 4.69) is 36.6 Å². The molecule has 0 amide bonds. The molecule has 0 heterocycles. The second-order valence-electron chi connectivity index (χ2n) is 3.92. The zero-order valence-electron chi connectivity index (χ0n) is 9.90. The van der Waals surface area contributed by atoms with Crippen molar-refractivity contribution < 1.29 is 12.8 Å². The van der Waals surface area contributed by atoms with Crippen LogP contribution in [0.25, 0.3) is 0 Å². The first kappa shape index (κ1) is 15.3. The minimum Gasteiger partial charge on any atom is -0.396 e. The van der Waals surface area contributed by atoms with E-state index in [1.165, 1.54) is 0 Å². The van der Waals surface area contributed by atoms with Gasteiger partial charge in [0.25, 0.3) is 10.0 Å². The number of nitrogens with two attached hydrogens (primary N) is 1. The van der Waals surface area contributed by atoms with Crippen LogP contribution in [0.4, 0.5) is 15.8 Å². The van der Waals surface area contributed by atoms with Crippen LogP contribution in [0.15, 0.2) is 50.2 Å². The number of anilines is 2. The van der Waals surface area contributed by atoms with Crippen LogP contribution in [0, 0.1) is 5.82 Å². The predicted molar refractivity (Wildman–Crippen MR) is 83.5 cm³/mol. The minimum atomic E-state index is -3.85. The molecule has 0 atom stereocenters. The normalized spacial score (nSPS) is 11.3. The van der Waals surface area contributed by atoms with Gasteiger partial charge in [-0.1, -0.05) is 15.9 Å². The fourth-order valence-electron chi connectivity index (χ4n) is 1.48. The van der Waals surface area contributed by atoms with Gasteiger partial charge in [0, 0.05) is 14.6 Å². The molecular weight excluding hydrogens is 415 g/mol. The van der Waals surface area contributed by atoms with Gasteiger partial charge in [-0.2, -0.15) is 0 Å². The fourth-order valence-corrected chi connectivity index (χ4v) is 3.85. The molecule has 8 heteroatoms. The Kier molecular flexibility index (Phi) is 4.36. The van der Waals surface area contributed by atoms with Crippen molar-refractivity contribution in [2.45, 2.75) is 4.90 Å². The SMILES string of the molecule is Nc1cc(S(=O)(=O)Nc2ccc(Br)cc2)c(Br)cc1F. The van der Waals surface area contributed by atoms with Crippen molar-refractivity contribution >= 4 is 53.3 Å². The van der Waals surface area contributed by atoms with Crippen molar-refractivity contribution in [1.29, 1.82) is 0 Å². The van der Waals surface area contributed by atoms with E-state index in [0.29, 0.717) is 5.69 Å². The summed E-state index contributed by atoms with van der Waals surface area (Å²) in [5, 5.41) is 0. The van der Waals surface area contributed by atoms with Crippen LogP contribution in [0.3, 0.4) is 0 Å². The van der Waals surface area contributed by atoms with E-state index in [1.54, 1.807) is 24.3 Å². The van der Waals surface area contributed by atoms with Gasteiger partial charge >= 0.3 is 0 Å². The van der Waals surface area contributed by atoms with Gasteiger partial charge in [-0.15, -0.1) is 0 Å². The summed E-state index contributed by atoms with van der Waals surface area (Å²) in [6.07, 6.45) is 0. The first-order valence-electron chi connectivity index (χ1n) is 5.32. The number of rotatable bonds is 3. The largest absolute Gasteiger partial charge is 0.396 e. The van der Waals surface area contributed by atoms with Gasteiger partial charge in [-0.25, -0.2) is 12.8 Å². The average molecular weight is 424 g/mol. The number of hydrogen-bond donors (Lipinski definition) is 2. The van der Waals surface area contributed by atoms with E-state index in [4.69, 9.17) is 5.73 Å². The molecule has 2 rings (SSSR count). The molecule has 106 valence electrons. The molecule has 0 aliphatic heterocycles. The Morgan fingerprint density at radius 1 is 1.10 bits per heavy atom. The standard InChI is InChI=1S/C12H9Br2FN2O2S/c13-7-1-3-8(4-2-7)17-20(18,19)12-6-11(16)10(15)5-9(12)14/h1-6,17H,16H2. The van der Waals surface area contributed by atoms with Gasteiger partial charge < -0.3 is 5.73 Å². The minimum absolute atomic E-state index is 0.105. The highest BCUT2D eigenvalue weighted by Gasteiger charge is 2.20. The zero-order valence-corrected chi connectivity index (χ0v) is 13.9. The Labute approximate surface area is 132 Å². The Balaban J connectivity index is 2.40. The highest BCUT2D eigenvalue weighted by molar-refractivity contribution is 9.10. The maximum absolute atomic E-state index is 13.2. The smallest absolute Gasteiger partial charge is 0.263 e. The third kappa shape index (κ3) is 3.31. The van der Waals surface area contributed by atoms with E-state index in [1.807, 2.05) is 0 Å². The van der Waals surface area contributed by atoms with Crippen LogP contribution < -0.4 is 10.5 Å². The molecule has 0 spiro atoms. The van der Waals surface area contributed by atoms with Crippen LogP contribution >= 0.6 is 31.9 Å². The summed E-state index contributed by atoms with van der Waals surface area (Å²) >= 11 is 6.28. The average Bonchev–Trinajstić information content (AvgIpc) is 2.36. The molecule has 0 saturated carbocycles. The molecule has 2 aromatic rings. The van der Waals surface area contributed by atoms with Gasteiger partial charge in [0.05, 0.1) is 5.69 Å². The number of nitrogen functional groups attached to an aromatic ring is 1. The third-order valence-corrected chi connectivity index (χ3v) is 5.31. The van der Waals surface area contributed by atoms with E-state index in [-0.39, 0.29) is 15.1 Å². The number of hydrogen-bond acceptors (Lipinski definition) is 3. The van der Waals surface area contributed by atoms with Gasteiger partial charge in [-0.3, -0.25) is 4.72 Å². The lowest BCUT2D eigenvalue weighted by Gasteiger charge is -2.11. The lowest BCUT2D eigenvalue weighted by molar-refractivity contribution is 0.599. The molecule has 0 fully saturated rings. The van der Waals surface area contributed by atoms with Gasteiger partial charge in [0.2, 0.25) is 0 Å². The highest BCUT2D eigenvalue weighted by Crippen LogP contribution is 2.28. The molecule has 0 saturated heterocycles. The van der Waals surface area contributed by atoms with E-state index < -0.39 is 15.8 Å². The lowest BCUT2D eigenvalue weighted by atomic mass is 10.3. The van der Waals surface area contributed by atoms with Crippen LogP contribution in [0.5, 0.6) is 0 Å². The molecule has 0 radical (unpaired) electrons. The summed E-state index contributed by atoms with van der Waals surface area (Å²) in [7, 11) is -3.85. The Bertz CT molecular complexity index is 749. The lowest BCUT2D eigenvalue weighted by Crippen LogP contribution is -2.14. The summed E-state index contributed by atoms with van der Waals surface area (Å²) in [6, 6.07) is 8.69. The molecule has 20 heavy (non-hydrogen) atoms. The summed E-state index contributed by atoms with van der Waals surface area (Å²) in [5.41, 5.74) is 5.56. The topological polar surface area (TPSA) is 72.2 Å². The molecule has 0 bridgehead atoms. The molecule has 0 unspecified atom stereocenters. The maximum Gasteiger partial charge on any atom is 0.263 e. The maximum atomic E-state index is 13.2. The van der Waals surface area contributed by atoms with Crippen molar-refractivity contribution in [3.63, 3.8) is 0 Å². The molecule has 0 aliphatic carbocycles. The molecular formula is C12H9Br2FN2O2S. The Morgan fingerprint density at radius 2 is 1.70 bits per heavy atom. The van der Waals surface area contributed by atoms with Crippen molar-refractivity contribution in [2.75, 3.05) is 10.5 Å². The van der Waals surface area contributed by atoms with E-state index >= 15 is 0 Å². The predicted octanol–water partition coefficient (Wildman–Crippen LogP) is 3.73. The van der Waals surface area contributed by atoms with Gasteiger partial charge in [-0.05, 0) is 52.3 Å². The van der Waals surface area contributed by atoms with Crippen LogP contribution in [0.1, 0.15) is 0 Å². The number of halogens is 3. The summed E-state index contributed by atoms with van der Waals surface area (Å²) in [4.78, 5) is -0.126. The molecule has 3 N–H and O–H groups in total. The third-order valence-electron chi connectivity index (χ3n) is 2.44. The van der Waals surface area contributed by atoms with Crippen molar-refractivity contribution in [2.24, 2.45) is 0 Å². The van der Waals surface area contributed by atoms with Crippen molar-refractivity contribution in [1.82, 2.24) is 0 Å². The first-order chi connectivity index (χ1) is 9.29. The monoisotopic (exact) mass is 422 g/mol. The number of nitrogens with one attached hydrogen (secondary N) is 1. The second-order valence-corrected chi connectivity index (χ2v) is 7.34. The molecule has 4 nitrogen and oxygen atoms in total. The van der Waals surface area contributed by atoms with Crippen molar-refractivity contribution in [3.8, 4) is 0 Å². The number of sulfonamides is 1. The quantitative estimate of drug-likeness (QED) is 0.738. The summed E-state index contributed by atoms with van der Waals surface area (Å²) in [5.74, 6) is -0.681. The van der Waals surface area contributed by atoms with Crippen molar-refractivity contribution in [3.05, 3.63) is 51.2 Å². The van der Waals surface area contributed by atoms with Crippen LogP contribution in [-0.4, -0.2) is 8.42 Å². The van der Waals surface area contributed by atoms with Gasteiger partial charge in [0.1, 0.15) is 10.7 Å². The Hall–Kier alpha value is -1.12. The van der Waals surface area contributed by atoms with Gasteiger partial charge in [0.15, 0.2) is 0 Å². The molecule has 0 aromatic heterocycles. The van der Waals surface area contributed by atoms with E-state index in [9.17, 15) is 12.8 Å². The van der Waals surface area contributed by atoms with E-state index in [0.717, 1.165) is 16.6 Å². The first-order valence-corrected chi connectivity index (χ1v) is 8.39. The second kappa shape index (κ2) is 5.71. The zero-order chi connectivity index (χ0) is 14.9. The highest BCUT2D eigenvalue weighted by atomic mass is 79.9. The molecule has 2 aromatic carbocycles. The van der Waals surface area contributed by atoms with Crippen LogP contribution in [0.2, 0.25) is 0 Å². The Morgan fingerprint density at radius 3 is 2.30 bits per heavy atom. The van der Waals surface area contributed by atoms with Crippen LogP contribution in [-0.2, 0) is 10.0 Å². The fraction of sp³-hybridized carbons (Fsp3) is 0.